The molecule has 0 aliphatic carbocycles. The fourth-order valence-electron chi connectivity index (χ4n) is 3.34. The second-order valence-electron chi connectivity index (χ2n) is 6.93. The molecule has 0 fully saturated rings. The molecule has 28 heavy (non-hydrogen) atoms. The van der Waals surface area contributed by atoms with E-state index in [-0.39, 0.29) is 5.43 Å². The largest absolute Gasteiger partial charge is 0.463 e. The van der Waals surface area contributed by atoms with Crippen molar-refractivity contribution in [2.75, 3.05) is 0 Å². The van der Waals surface area contributed by atoms with E-state index in [0.717, 1.165) is 22.1 Å². The first-order valence-electron chi connectivity index (χ1n) is 8.78. The number of benzene rings is 2. The molecule has 4 aromatic rings. The lowest BCUT2D eigenvalue weighted by atomic mass is 10.0. The van der Waals surface area contributed by atoms with E-state index in [1.807, 2.05) is 32.9 Å². The van der Waals surface area contributed by atoms with E-state index >= 15 is 0 Å². The maximum Gasteiger partial charge on any atom is 0.336 e. The summed E-state index contributed by atoms with van der Waals surface area (Å²) in [5, 5.41) is 1.75. The Hall–Kier alpha value is -3.11. The summed E-state index contributed by atoms with van der Waals surface area (Å²) in [7, 11) is 0. The quantitative estimate of drug-likeness (QED) is 0.413. The van der Waals surface area contributed by atoms with Gasteiger partial charge in [0.15, 0.2) is 5.43 Å². The fraction of sp³-hybridized carbons (Fsp3) is 0.130. The molecule has 4 rings (SSSR count). The zero-order valence-electron chi connectivity index (χ0n) is 15.6. The molecule has 0 radical (unpaired) electrons. The topological polar surface area (TPSA) is 60.4 Å². The minimum Gasteiger partial charge on any atom is -0.463 e. The molecule has 140 valence electrons. The monoisotopic (exact) mass is 392 g/mol. The summed E-state index contributed by atoms with van der Waals surface area (Å²) in [6.45, 7) is 5.73. The van der Waals surface area contributed by atoms with Crippen LogP contribution in [-0.4, -0.2) is 0 Å². The molecule has 0 amide bonds. The molecule has 0 atom stereocenters. The van der Waals surface area contributed by atoms with Crippen molar-refractivity contribution in [1.29, 1.82) is 0 Å². The lowest BCUT2D eigenvalue weighted by molar-refractivity contribution is 0.558. The van der Waals surface area contributed by atoms with E-state index in [2.05, 4.69) is 0 Å². The standard InChI is InChI=1S/C23H17ClO4/c1-12-6-14(3)23-17(7-12)15(9-21(25)28-23)4-5-16-11-27-20-8-13(2)19(24)10-18(20)22(16)26/h4-11H,1-3H3/b5-4-. The summed E-state index contributed by atoms with van der Waals surface area (Å²) in [5.74, 6) is 0. The van der Waals surface area contributed by atoms with Crippen LogP contribution in [0.5, 0.6) is 0 Å². The Morgan fingerprint density at radius 3 is 2.39 bits per heavy atom. The number of aryl methyl sites for hydroxylation is 3. The van der Waals surface area contributed by atoms with E-state index in [0.29, 0.717) is 32.7 Å². The molecule has 0 unspecified atom stereocenters. The number of hydrogen-bond acceptors (Lipinski definition) is 4. The average molecular weight is 393 g/mol. The Morgan fingerprint density at radius 1 is 0.857 bits per heavy atom. The van der Waals surface area contributed by atoms with E-state index in [9.17, 15) is 9.59 Å². The van der Waals surface area contributed by atoms with Crippen LogP contribution in [0.3, 0.4) is 0 Å². The lowest BCUT2D eigenvalue weighted by Gasteiger charge is -2.06. The molecule has 4 nitrogen and oxygen atoms in total. The van der Waals surface area contributed by atoms with E-state index in [1.54, 1.807) is 24.3 Å². The van der Waals surface area contributed by atoms with Crippen molar-refractivity contribution < 1.29 is 8.83 Å². The van der Waals surface area contributed by atoms with Crippen LogP contribution >= 0.6 is 11.6 Å². The van der Waals surface area contributed by atoms with Crippen molar-refractivity contribution in [3.8, 4) is 0 Å². The van der Waals surface area contributed by atoms with E-state index in [4.69, 9.17) is 20.4 Å². The molecule has 0 bridgehead atoms. The first-order valence-corrected chi connectivity index (χ1v) is 9.16. The third kappa shape index (κ3) is 3.16. The van der Waals surface area contributed by atoms with Gasteiger partial charge in [0.1, 0.15) is 17.4 Å². The maximum absolute atomic E-state index is 12.8. The van der Waals surface area contributed by atoms with Crippen molar-refractivity contribution in [2.24, 2.45) is 0 Å². The van der Waals surface area contributed by atoms with Gasteiger partial charge in [0, 0.05) is 16.5 Å². The van der Waals surface area contributed by atoms with Crippen molar-refractivity contribution in [3.63, 3.8) is 0 Å². The van der Waals surface area contributed by atoms with Crippen LogP contribution < -0.4 is 11.1 Å². The molecule has 2 aromatic carbocycles. The first kappa shape index (κ1) is 18.3. The predicted molar refractivity (Wildman–Crippen MR) is 113 cm³/mol. The Labute approximate surface area is 165 Å². The van der Waals surface area contributed by atoms with Gasteiger partial charge < -0.3 is 8.83 Å². The summed E-state index contributed by atoms with van der Waals surface area (Å²) in [6, 6.07) is 8.70. The molecule has 0 spiro atoms. The third-order valence-corrected chi connectivity index (χ3v) is 5.14. The van der Waals surface area contributed by atoms with Crippen LogP contribution in [0.2, 0.25) is 5.02 Å². The average Bonchev–Trinajstić information content (AvgIpc) is 2.63. The predicted octanol–water partition coefficient (Wildman–Crippen LogP) is 5.65. The van der Waals surface area contributed by atoms with Gasteiger partial charge in [0.2, 0.25) is 0 Å². The SMILES string of the molecule is Cc1cc(C)c2oc(=O)cc(/C=C\c3coc4cc(C)c(Cl)cc4c3=O)c2c1. The molecular formula is C23H17ClO4. The van der Waals surface area contributed by atoms with Crippen LogP contribution in [0.1, 0.15) is 27.8 Å². The molecular weight excluding hydrogens is 376 g/mol. The highest BCUT2D eigenvalue weighted by Gasteiger charge is 2.10. The summed E-state index contributed by atoms with van der Waals surface area (Å²) in [6.07, 6.45) is 4.79. The molecule has 0 aliphatic rings. The molecule has 2 aromatic heterocycles. The zero-order valence-corrected chi connectivity index (χ0v) is 16.4. The number of fused-ring (bicyclic) bond motifs is 2. The Bertz CT molecular complexity index is 1390. The highest BCUT2D eigenvalue weighted by Crippen LogP contribution is 2.25. The van der Waals surface area contributed by atoms with Crippen LogP contribution in [0.25, 0.3) is 34.1 Å². The van der Waals surface area contributed by atoms with Gasteiger partial charge in [-0.1, -0.05) is 23.7 Å². The van der Waals surface area contributed by atoms with Gasteiger partial charge in [-0.2, -0.15) is 0 Å². The van der Waals surface area contributed by atoms with Crippen LogP contribution in [0.4, 0.5) is 0 Å². The fourth-order valence-corrected chi connectivity index (χ4v) is 3.50. The van der Waals surface area contributed by atoms with Crippen molar-refractivity contribution in [3.05, 3.63) is 90.1 Å². The Morgan fingerprint density at radius 2 is 1.61 bits per heavy atom. The Balaban J connectivity index is 1.88. The molecule has 5 heteroatoms. The van der Waals surface area contributed by atoms with Crippen molar-refractivity contribution >= 4 is 45.7 Å². The van der Waals surface area contributed by atoms with Crippen molar-refractivity contribution in [2.45, 2.75) is 20.8 Å². The van der Waals surface area contributed by atoms with Gasteiger partial charge in [-0.25, -0.2) is 4.79 Å². The molecule has 0 saturated carbocycles. The minimum atomic E-state index is -0.438. The van der Waals surface area contributed by atoms with Gasteiger partial charge in [-0.05, 0) is 67.3 Å². The van der Waals surface area contributed by atoms with Crippen LogP contribution in [0, 0.1) is 20.8 Å². The third-order valence-electron chi connectivity index (χ3n) is 4.73. The summed E-state index contributed by atoms with van der Waals surface area (Å²) in [5.41, 5.74) is 4.26. The smallest absolute Gasteiger partial charge is 0.336 e. The summed E-state index contributed by atoms with van der Waals surface area (Å²) >= 11 is 6.15. The lowest BCUT2D eigenvalue weighted by Crippen LogP contribution is -2.05. The van der Waals surface area contributed by atoms with Crippen LogP contribution in [0.15, 0.2) is 55.0 Å². The normalized spacial score (nSPS) is 11.7. The second kappa shape index (κ2) is 6.80. The van der Waals surface area contributed by atoms with Crippen molar-refractivity contribution in [1.82, 2.24) is 0 Å². The molecule has 2 heterocycles. The van der Waals surface area contributed by atoms with Gasteiger partial charge in [-0.3, -0.25) is 4.79 Å². The van der Waals surface area contributed by atoms with Gasteiger partial charge in [0.25, 0.3) is 0 Å². The highest BCUT2D eigenvalue weighted by molar-refractivity contribution is 6.32. The maximum atomic E-state index is 12.8. The molecule has 0 saturated heterocycles. The van der Waals surface area contributed by atoms with Gasteiger partial charge >= 0.3 is 5.63 Å². The minimum absolute atomic E-state index is 0.181. The number of halogens is 1. The number of hydrogen-bond donors (Lipinski definition) is 0. The molecule has 0 aliphatic heterocycles. The van der Waals surface area contributed by atoms with E-state index in [1.165, 1.54) is 12.3 Å². The highest BCUT2D eigenvalue weighted by atomic mass is 35.5. The molecule has 0 N–H and O–H groups in total. The second-order valence-corrected chi connectivity index (χ2v) is 7.34. The van der Waals surface area contributed by atoms with E-state index < -0.39 is 5.63 Å². The summed E-state index contributed by atoms with van der Waals surface area (Å²) in [4.78, 5) is 24.8. The summed E-state index contributed by atoms with van der Waals surface area (Å²) < 4.78 is 11.0. The number of rotatable bonds is 2. The van der Waals surface area contributed by atoms with Gasteiger partial charge in [-0.15, -0.1) is 0 Å². The first-order chi connectivity index (χ1) is 13.3. The zero-order chi connectivity index (χ0) is 20.0. The van der Waals surface area contributed by atoms with Crippen LogP contribution in [-0.2, 0) is 0 Å². The Kier molecular flexibility index (Phi) is 4.44. The van der Waals surface area contributed by atoms with Gasteiger partial charge in [0.05, 0.1) is 10.9 Å².